The average molecular weight is 565 g/mol. The number of nitrogens with zero attached hydrogens (tertiary/aromatic N) is 7. The zero-order chi connectivity index (χ0) is 29.2. The van der Waals surface area contributed by atoms with Crippen molar-refractivity contribution in [2.75, 3.05) is 31.1 Å². The molecule has 0 amide bonds. The Kier molecular flexibility index (Phi) is 7.49. The van der Waals surface area contributed by atoms with Crippen LogP contribution in [0.2, 0.25) is 0 Å². The van der Waals surface area contributed by atoms with Gasteiger partial charge in [-0.3, -0.25) is 19.8 Å². The molecule has 42 heavy (non-hydrogen) atoms. The molecule has 1 aliphatic heterocycles. The van der Waals surface area contributed by atoms with Gasteiger partial charge >= 0.3 is 0 Å². The number of fused-ring (bicyclic) bond motifs is 1. The summed E-state index contributed by atoms with van der Waals surface area (Å²) in [6.45, 7) is 7.30. The zero-order valence-electron chi connectivity index (χ0n) is 23.6. The van der Waals surface area contributed by atoms with Crippen LogP contribution in [0.15, 0.2) is 77.6 Å². The van der Waals surface area contributed by atoms with Gasteiger partial charge in [0.15, 0.2) is 5.82 Å². The van der Waals surface area contributed by atoms with Crippen LogP contribution in [0.1, 0.15) is 34.1 Å². The summed E-state index contributed by atoms with van der Waals surface area (Å²) in [5.74, 6) is 0.629. The normalized spacial score (nSPS) is 14.8. The summed E-state index contributed by atoms with van der Waals surface area (Å²) in [5, 5.41) is 24.9. The molecule has 0 bridgehead atoms. The number of nitro groups is 1. The molecule has 3 heterocycles. The van der Waals surface area contributed by atoms with E-state index in [-0.39, 0.29) is 11.2 Å². The molecule has 0 saturated carbocycles. The molecular weight excluding hydrogens is 532 g/mol. The molecule has 1 unspecified atom stereocenters. The molecule has 1 atom stereocenters. The molecule has 0 aliphatic carbocycles. The molecule has 3 aromatic carbocycles. The fourth-order valence-corrected chi connectivity index (χ4v) is 5.88. The van der Waals surface area contributed by atoms with Crippen molar-refractivity contribution < 1.29 is 4.92 Å². The lowest BCUT2D eigenvalue weighted by atomic mass is 10.00. The lowest BCUT2D eigenvalue weighted by Gasteiger charge is -2.39. The summed E-state index contributed by atoms with van der Waals surface area (Å²) in [4.78, 5) is 32.0. The highest BCUT2D eigenvalue weighted by Crippen LogP contribution is 2.30. The zero-order valence-corrected chi connectivity index (χ0v) is 23.6. The van der Waals surface area contributed by atoms with E-state index in [1.807, 2.05) is 35.9 Å². The van der Waals surface area contributed by atoms with Gasteiger partial charge in [0.25, 0.3) is 11.2 Å². The van der Waals surface area contributed by atoms with Crippen LogP contribution in [0.4, 0.5) is 11.4 Å². The first-order chi connectivity index (χ1) is 20.4. The van der Waals surface area contributed by atoms with Crippen LogP contribution >= 0.6 is 0 Å². The standard InChI is InChI=1S/C31H32N8O3/c1-21-18-22(2)28-24(19-21)20-27(31(40)32-28)29(30-33-34-35-38(30)13-12-23-6-4-3-5-7-23)37-16-14-36(15-17-37)25-8-10-26(11-9-25)39(41)42/h3-11,18-20,29H,12-17H2,1-2H3,(H,32,40). The molecule has 6 rings (SSSR count). The van der Waals surface area contributed by atoms with Gasteiger partial charge in [-0.05, 0) is 71.5 Å². The highest BCUT2D eigenvalue weighted by Gasteiger charge is 2.33. The van der Waals surface area contributed by atoms with E-state index in [9.17, 15) is 14.9 Å². The van der Waals surface area contributed by atoms with E-state index in [0.717, 1.165) is 34.1 Å². The molecule has 1 saturated heterocycles. The topological polar surface area (TPSA) is 126 Å². The van der Waals surface area contributed by atoms with Crippen LogP contribution in [-0.2, 0) is 13.0 Å². The van der Waals surface area contributed by atoms with Crippen LogP contribution in [0.5, 0.6) is 0 Å². The SMILES string of the molecule is Cc1cc(C)c2[nH]c(=O)c(C(c3nnnn3CCc3ccccc3)N3CCN(c4ccc([N+](=O)[O-])cc4)CC3)cc2c1. The smallest absolute Gasteiger partial charge is 0.269 e. The van der Waals surface area contributed by atoms with Crippen molar-refractivity contribution in [3.63, 3.8) is 0 Å². The number of aryl methyl sites for hydroxylation is 4. The predicted octanol–water partition coefficient (Wildman–Crippen LogP) is 4.19. The van der Waals surface area contributed by atoms with Gasteiger partial charge in [-0.15, -0.1) is 5.10 Å². The third-order valence-corrected chi connectivity index (χ3v) is 7.98. The summed E-state index contributed by atoms with van der Waals surface area (Å²) < 4.78 is 1.81. The second-order valence-corrected chi connectivity index (χ2v) is 10.8. The number of hydrogen-bond acceptors (Lipinski definition) is 8. The quantitative estimate of drug-likeness (QED) is 0.220. The predicted molar refractivity (Wildman–Crippen MR) is 161 cm³/mol. The minimum absolute atomic E-state index is 0.0702. The molecule has 5 aromatic rings. The van der Waals surface area contributed by atoms with Gasteiger partial charge in [0.05, 0.1) is 10.4 Å². The molecule has 1 N–H and O–H groups in total. The maximum absolute atomic E-state index is 13.7. The van der Waals surface area contributed by atoms with Gasteiger partial charge in [-0.1, -0.05) is 42.0 Å². The van der Waals surface area contributed by atoms with Crippen molar-refractivity contribution in [3.05, 3.63) is 121 Å². The molecular formula is C31H32N8O3. The van der Waals surface area contributed by atoms with Crippen LogP contribution in [0, 0.1) is 24.0 Å². The van der Waals surface area contributed by atoms with Crippen LogP contribution in [0.3, 0.4) is 0 Å². The fraction of sp³-hybridized carbons (Fsp3) is 0.290. The summed E-state index contributed by atoms with van der Waals surface area (Å²) in [7, 11) is 0. The fourth-order valence-electron chi connectivity index (χ4n) is 5.88. The van der Waals surface area contributed by atoms with Crippen LogP contribution < -0.4 is 10.5 Å². The number of rotatable bonds is 8. The maximum atomic E-state index is 13.7. The number of aromatic nitrogens is 5. The van der Waals surface area contributed by atoms with Gasteiger partial charge < -0.3 is 9.88 Å². The van der Waals surface area contributed by atoms with Gasteiger partial charge in [-0.2, -0.15) is 0 Å². The minimum atomic E-state index is -0.455. The summed E-state index contributed by atoms with van der Waals surface area (Å²) >= 11 is 0. The van der Waals surface area contributed by atoms with Gasteiger partial charge in [0.1, 0.15) is 6.04 Å². The highest BCUT2D eigenvalue weighted by atomic mass is 16.6. The third-order valence-electron chi connectivity index (χ3n) is 7.98. The van der Waals surface area contributed by atoms with E-state index in [2.05, 4.69) is 61.5 Å². The first kappa shape index (κ1) is 27.3. The Bertz CT molecular complexity index is 1770. The van der Waals surface area contributed by atoms with Crippen LogP contribution in [-0.4, -0.2) is 61.2 Å². The number of H-pyrrole nitrogens is 1. The number of aromatic amines is 1. The number of pyridine rings is 1. The lowest BCUT2D eigenvalue weighted by molar-refractivity contribution is -0.384. The van der Waals surface area contributed by atoms with E-state index < -0.39 is 11.0 Å². The van der Waals surface area contributed by atoms with Crippen molar-refractivity contribution in [3.8, 4) is 0 Å². The summed E-state index contributed by atoms with van der Waals surface area (Å²) in [6.07, 6.45) is 0.756. The van der Waals surface area contributed by atoms with E-state index in [4.69, 9.17) is 0 Å². The van der Waals surface area contributed by atoms with Crippen LogP contribution in [0.25, 0.3) is 10.9 Å². The van der Waals surface area contributed by atoms with Crippen molar-refractivity contribution in [1.29, 1.82) is 0 Å². The summed E-state index contributed by atoms with van der Waals surface area (Å²) in [6, 6.07) is 22.5. The Morgan fingerprint density at radius 1 is 0.976 bits per heavy atom. The minimum Gasteiger partial charge on any atom is -0.369 e. The summed E-state index contributed by atoms with van der Waals surface area (Å²) in [5.41, 5.74) is 5.61. The molecule has 11 nitrogen and oxygen atoms in total. The van der Waals surface area contributed by atoms with Crippen molar-refractivity contribution in [2.45, 2.75) is 32.9 Å². The molecule has 0 radical (unpaired) electrons. The number of anilines is 1. The third kappa shape index (κ3) is 5.51. The van der Waals surface area contributed by atoms with Crippen molar-refractivity contribution >= 4 is 22.3 Å². The number of non-ortho nitro benzene ring substituents is 1. The second-order valence-electron chi connectivity index (χ2n) is 10.8. The number of tetrazole rings is 1. The average Bonchev–Trinajstić information content (AvgIpc) is 3.46. The van der Waals surface area contributed by atoms with E-state index >= 15 is 0 Å². The van der Waals surface area contributed by atoms with Gasteiger partial charge in [-0.25, -0.2) is 4.68 Å². The molecule has 214 valence electrons. The highest BCUT2D eigenvalue weighted by molar-refractivity contribution is 5.83. The lowest BCUT2D eigenvalue weighted by Crippen LogP contribution is -2.49. The molecule has 0 spiro atoms. The van der Waals surface area contributed by atoms with E-state index in [0.29, 0.717) is 44.1 Å². The Labute approximate surface area is 242 Å². The van der Waals surface area contributed by atoms with E-state index in [1.165, 1.54) is 17.7 Å². The van der Waals surface area contributed by atoms with Gasteiger partial charge in [0.2, 0.25) is 0 Å². The monoisotopic (exact) mass is 564 g/mol. The van der Waals surface area contributed by atoms with Crippen molar-refractivity contribution in [2.24, 2.45) is 0 Å². The van der Waals surface area contributed by atoms with Crippen molar-refractivity contribution in [1.82, 2.24) is 30.1 Å². The molecule has 2 aromatic heterocycles. The Hall–Kier alpha value is -4.90. The first-order valence-electron chi connectivity index (χ1n) is 14.0. The number of nitrogens with one attached hydrogen (secondary N) is 1. The number of benzene rings is 3. The Morgan fingerprint density at radius 2 is 1.71 bits per heavy atom. The van der Waals surface area contributed by atoms with E-state index in [1.54, 1.807) is 12.1 Å². The second kappa shape index (κ2) is 11.5. The number of nitro benzene ring substituents is 1. The Balaban J connectivity index is 1.34. The molecule has 1 aliphatic rings. The first-order valence-corrected chi connectivity index (χ1v) is 14.0. The molecule has 11 heteroatoms. The maximum Gasteiger partial charge on any atom is 0.269 e. The molecule has 1 fully saturated rings. The number of hydrogen-bond donors (Lipinski definition) is 1. The Morgan fingerprint density at radius 3 is 2.43 bits per heavy atom. The largest absolute Gasteiger partial charge is 0.369 e. The van der Waals surface area contributed by atoms with Gasteiger partial charge in [0, 0.05) is 56.1 Å². The number of piperazine rings is 1.